The first-order valence-corrected chi connectivity index (χ1v) is 5.64. The highest BCUT2D eigenvalue weighted by atomic mass is 19.1. The molecule has 0 saturated heterocycles. The molecule has 1 aromatic rings. The molecule has 0 spiro atoms. The van der Waals surface area contributed by atoms with Gasteiger partial charge in [-0.1, -0.05) is 0 Å². The molecular formula is C13H18FNO3. The summed E-state index contributed by atoms with van der Waals surface area (Å²) in [6.45, 7) is 0.836. The van der Waals surface area contributed by atoms with Crippen molar-refractivity contribution >= 4 is 5.97 Å². The summed E-state index contributed by atoms with van der Waals surface area (Å²) in [6.07, 6.45) is 0.606. The van der Waals surface area contributed by atoms with Gasteiger partial charge in [-0.3, -0.25) is 9.69 Å². The molecule has 1 rings (SSSR count). The Morgan fingerprint density at radius 1 is 1.39 bits per heavy atom. The number of benzene rings is 1. The van der Waals surface area contributed by atoms with Crippen molar-refractivity contribution in [1.82, 2.24) is 4.90 Å². The molecule has 1 aromatic carbocycles. The van der Waals surface area contributed by atoms with E-state index in [0.29, 0.717) is 18.7 Å². The van der Waals surface area contributed by atoms with Gasteiger partial charge in [0.15, 0.2) is 0 Å². The molecule has 0 heterocycles. The van der Waals surface area contributed by atoms with Gasteiger partial charge in [0.1, 0.15) is 11.6 Å². The standard InChI is InChI=1S/C13H18FNO3/c1-15(9-13(16)18-3)7-6-10-8-11(14)4-5-12(10)17-2/h4-5,8H,6-7,9H2,1-3H3. The molecule has 0 radical (unpaired) electrons. The number of ether oxygens (including phenoxy) is 2. The van der Waals surface area contributed by atoms with Crippen LogP contribution in [0.25, 0.3) is 0 Å². The van der Waals surface area contributed by atoms with E-state index in [1.165, 1.54) is 19.2 Å². The van der Waals surface area contributed by atoms with E-state index in [1.807, 2.05) is 11.9 Å². The zero-order valence-electron chi connectivity index (χ0n) is 10.9. The van der Waals surface area contributed by atoms with E-state index in [1.54, 1.807) is 13.2 Å². The third-order valence-electron chi connectivity index (χ3n) is 2.63. The van der Waals surface area contributed by atoms with Crippen LogP contribution in [0.3, 0.4) is 0 Å². The number of methoxy groups -OCH3 is 2. The number of hydrogen-bond donors (Lipinski definition) is 0. The highest BCUT2D eigenvalue weighted by Gasteiger charge is 2.09. The Labute approximate surface area is 106 Å². The first-order chi connectivity index (χ1) is 8.56. The van der Waals surface area contributed by atoms with Crippen LogP contribution in [-0.4, -0.2) is 45.2 Å². The van der Waals surface area contributed by atoms with Crippen LogP contribution < -0.4 is 4.74 Å². The Hall–Kier alpha value is -1.62. The fraction of sp³-hybridized carbons (Fsp3) is 0.462. The molecule has 4 nitrogen and oxygen atoms in total. The summed E-state index contributed by atoms with van der Waals surface area (Å²) in [5.41, 5.74) is 0.786. The van der Waals surface area contributed by atoms with Crippen molar-refractivity contribution in [3.05, 3.63) is 29.6 Å². The molecule has 0 atom stereocenters. The second-order valence-electron chi connectivity index (χ2n) is 4.02. The lowest BCUT2D eigenvalue weighted by molar-refractivity contribution is -0.141. The van der Waals surface area contributed by atoms with E-state index in [2.05, 4.69) is 4.74 Å². The molecule has 0 aliphatic heterocycles. The average molecular weight is 255 g/mol. The first kappa shape index (κ1) is 14.4. The van der Waals surface area contributed by atoms with Gasteiger partial charge in [0.2, 0.25) is 0 Å². The van der Waals surface area contributed by atoms with Gasteiger partial charge in [-0.15, -0.1) is 0 Å². The van der Waals surface area contributed by atoms with E-state index >= 15 is 0 Å². The Balaban J connectivity index is 2.57. The van der Waals surface area contributed by atoms with Gasteiger partial charge in [0.25, 0.3) is 0 Å². The highest BCUT2D eigenvalue weighted by molar-refractivity contribution is 5.71. The second-order valence-corrected chi connectivity index (χ2v) is 4.02. The van der Waals surface area contributed by atoms with Gasteiger partial charge < -0.3 is 9.47 Å². The van der Waals surface area contributed by atoms with Crippen LogP contribution in [0.4, 0.5) is 4.39 Å². The molecular weight excluding hydrogens is 237 g/mol. The molecule has 18 heavy (non-hydrogen) atoms. The summed E-state index contributed by atoms with van der Waals surface area (Å²) in [4.78, 5) is 12.9. The molecule has 0 amide bonds. The van der Waals surface area contributed by atoms with Gasteiger partial charge in [-0.2, -0.15) is 0 Å². The quantitative estimate of drug-likeness (QED) is 0.722. The molecule has 0 aliphatic carbocycles. The number of halogens is 1. The Morgan fingerprint density at radius 3 is 2.72 bits per heavy atom. The minimum Gasteiger partial charge on any atom is -0.496 e. The Bertz CT molecular complexity index is 409. The molecule has 0 unspecified atom stereocenters. The average Bonchev–Trinajstić information content (AvgIpc) is 2.36. The van der Waals surface area contributed by atoms with Crippen molar-refractivity contribution in [2.75, 3.05) is 34.4 Å². The fourth-order valence-electron chi connectivity index (χ4n) is 1.62. The van der Waals surface area contributed by atoms with Crippen LogP contribution >= 0.6 is 0 Å². The lowest BCUT2D eigenvalue weighted by atomic mass is 10.1. The predicted octanol–water partition coefficient (Wildman–Crippen LogP) is 1.48. The third-order valence-corrected chi connectivity index (χ3v) is 2.63. The zero-order chi connectivity index (χ0) is 13.5. The van der Waals surface area contributed by atoms with E-state index in [4.69, 9.17) is 4.74 Å². The maximum Gasteiger partial charge on any atom is 0.319 e. The number of nitrogens with zero attached hydrogens (tertiary/aromatic N) is 1. The van der Waals surface area contributed by atoms with Crippen LogP contribution in [0.1, 0.15) is 5.56 Å². The lowest BCUT2D eigenvalue weighted by Gasteiger charge is -2.16. The van der Waals surface area contributed by atoms with Crippen molar-refractivity contribution in [2.24, 2.45) is 0 Å². The maximum atomic E-state index is 13.1. The summed E-state index contributed by atoms with van der Waals surface area (Å²) >= 11 is 0. The Kier molecular flexibility index (Phi) is 5.58. The van der Waals surface area contributed by atoms with Gasteiger partial charge in [-0.25, -0.2) is 4.39 Å². The predicted molar refractivity (Wildman–Crippen MR) is 66.2 cm³/mol. The highest BCUT2D eigenvalue weighted by Crippen LogP contribution is 2.19. The molecule has 0 bridgehead atoms. The second kappa shape index (κ2) is 6.96. The minimum absolute atomic E-state index is 0.216. The number of carbonyl (C=O) groups excluding carboxylic acids is 1. The number of rotatable bonds is 6. The van der Waals surface area contributed by atoms with Gasteiger partial charge in [0.05, 0.1) is 20.8 Å². The summed E-state index contributed by atoms with van der Waals surface area (Å²) in [6, 6.07) is 4.41. The van der Waals surface area contributed by atoms with Crippen LogP contribution in [0.5, 0.6) is 5.75 Å². The first-order valence-electron chi connectivity index (χ1n) is 5.64. The molecule has 5 heteroatoms. The monoisotopic (exact) mass is 255 g/mol. The third kappa shape index (κ3) is 4.33. The fourth-order valence-corrected chi connectivity index (χ4v) is 1.62. The van der Waals surface area contributed by atoms with Crippen molar-refractivity contribution < 1.29 is 18.7 Å². The van der Waals surface area contributed by atoms with Crippen molar-refractivity contribution in [3.8, 4) is 5.75 Å². The summed E-state index contributed by atoms with van der Waals surface area (Å²) in [5, 5.41) is 0. The number of likely N-dealkylation sites (N-methyl/N-ethyl adjacent to an activating group) is 1. The smallest absolute Gasteiger partial charge is 0.319 e. The van der Waals surface area contributed by atoms with Crippen LogP contribution in [0.15, 0.2) is 18.2 Å². The largest absolute Gasteiger partial charge is 0.496 e. The SMILES string of the molecule is COC(=O)CN(C)CCc1cc(F)ccc1OC. The molecule has 0 aliphatic rings. The number of hydrogen-bond acceptors (Lipinski definition) is 4. The van der Waals surface area contributed by atoms with E-state index in [0.717, 1.165) is 5.56 Å². The number of carbonyl (C=O) groups is 1. The molecule has 0 N–H and O–H groups in total. The zero-order valence-corrected chi connectivity index (χ0v) is 10.9. The molecule has 0 aromatic heterocycles. The van der Waals surface area contributed by atoms with Gasteiger partial charge in [-0.05, 0) is 37.2 Å². The van der Waals surface area contributed by atoms with Crippen molar-refractivity contribution in [2.45, 2.75) is 6.42 Å². The van der Waals surface area contributed by atoms with E-state index in [-0.39, 0.29) is 18.3 Å². The van der Waals surface area contributed by atoms with Gasteiger partial charge >= 0.3 is 5.97 Å². The topological polar surface area (TPSA) is 38.8 Å². The minimum atomic E-state index is -0.290. The van der Waals surface area contributed by atoms with Crippen molar-refractivity contribution in [3.63, 3.8) is 0 Å². The van der Waals surface area contributed by atoms with Crippen LogP contribution in [0, 0.1) is 5.82 Å². The summed E-state index contributed by atoms with van der Waals surface area (Å²) < 4.78 is 22.9. The lowest BCUT2D eigenvalue weighted by Crippen LogP contribution is -2.28. The molecule has 0 saturated carbocycles. The number of esters is 1. The molecule has 100 valence electrons. The van der Waals surface area contributed by atoms with E-state index < -0.39 is 0 Å². The normalized spacial score (nSPS) is 10.5. The van der Waals surface area contributed by atoms with Gasteiger partial charge in [0, 0.05) is 6.54 Å². The molecule has 0 fully saturated rings. The Morgan fingerprint density at radius 2 is 2.11 bits per heavy atom. The van der Waals surface area contributed by atoms with Crippen molar-refractivity contribution in [1.29, 1.82) is 0 Å². The van der Waals surface area contributed by atoms with Crippen LogP contribution in [0.2, 0.25) is 0 Å². The van der Waals surface area contributed by atoms with E-state index in [9.17, 15) is 9.18 Å². The maximum absolute atomic E-state index is 13.1. The summed E-state index contributed by atoms with van der Waals surface area (Å²) in [7, 11) is 4.71. The van der Waals surface area contributed by atoms with Crippen LogP contribution in [-0.2, 0) is 16.0 Å². The summed E-state index contributed by atoms with van der Waals surface area (Å²) in [5.74, 6) is 0.0768.